The number of benzene rings is 2. The first-order valence-electron chi connectivity index (χ1n) is 9.55. The summed E-state index contributed by atoms with van der Waals surface area (Å²) in [5, 5.41) is 34.4. The zero-order valence-corrected chi connectivity index (χ0v) is 19.6. The van der Waals surface area contributed by atoms with Gasteiger partial charge in [-0.15, -0.1) is 0 Å². The van der Waals surface area contributed by atoms with Crippen molar-refractivity contribution in [2.24, 2.45) is 0 Å². The first kappa shape index (κ1) is 32.8. The fraction of sp³-hybridized carbons (Fsp3) is 0.120. The van der Waals surface area contributed by atoms with Gasteiger partial charge in [0.05, 0.1) is 24.6 Å². The number of aromatic hydroxyl groups is 2. The summed E-state index contributed by atoms with van der Waals surface area (Å²) in [6.07, 6.45) is 3.32. The van der Waals surface area contributed by atoms with Gasteiger partial charge in [0.25, 0.3) is 0 Å². The number of rotatable bonds is 2. The number of anilines is 2. The van der Waals surface area contributed by atoms with Crippen LogP contribution in [-0.2, 0) is 34.9 Å². The number of nitrogens with two attached hydrogens (primary N) is 2. The van der Waals surface area contributed by atoms with Crippen molar-refractivity contribution in [1.29, 1.82) is 0 Å². The molecule has 8 nitrogen and oxygen atoms in total. The maximum atomic E-state index is 8.70. The Morgan fingerprint density at radius 1 is 0.559 bits per heavy atom. The minimum atomic E-state index is 0. The first-order chi connectivity index (χ1) is 15.4. The van der Waals surface area contributed by atoms with Gasteiger partial charge in [-0.3, -0.25) is 9.97 Å². The normalized spacial score (nSPS) is 8.53. The van der Waals surface area contributed by atoms with Crippen LogP contribution in [0, 0.1) is 0 Å². The molecule has 0 aliphatic rings. The SMILES string of the molecule is C.Nc1ccc(O)cc1.Nc1ccc(O)cc1.OCc1ccccn1.OCc1ccccn1.[Ti]. The van der Waals surface area contributed by atoms with Crippen LogP contribution in [0.25, 0.3) is 0 Å². The molecule has 0 aliphatic heterocycles. The second-order valence-corrected chi connectivity index (χ2v) is 6.14. The quantitative estimate of drug-likeness (QED) is 0.138. The molecular weight excluding hydrogens is 468 g/mol. The third-order valence-electron chi connectivity index (χ3n) is 3.56. The topological polar surface area (TPSA) is 159 Å². The maximum Gasteiger partial charge on any atom is 0.115 e. The van der Waals surface area contributed by atoms with E-state index in [-0.39, 0.29) is 53.9 Å². The number of hydrogen-bond acceptors (Lipinski definition) is 8. The molecule has 0 amide bonds. The van der Waals surface area contributed by atoms with E-state index >= 15 is 0 Å². The summed E-state index contributed by atoms with van der Waals surface area (Å²) in [6.45, 7) is 0.0572. The molecule has 0 radical (unpaired) electrons. The summed E-state index contributed by atoms with van der Waals surface area (Å²) in [7, 11) is 0. The van der Waals surface area contributed by atoms with Crippen molar-refractivity contribution in [3.8, 4) is 11.5 Å². The molecule has 0 fully saturated rings. The van der Waals surface area contributed by atoms with E-state index < -0.39 is 0 Å². The van der Waals surface area contributed by atoms with Gasteiger partial charge in [-0.1, -0.05) is 19.6 Å². The molecule has 9 heteroatoms. The largest absolute Gasteiger partial charge is 0.508 e. The van der Waals surface area contributed by atoms with E-state index in [1.807, 2.05) is 24.3 Å². The minimum absolute atomic E-state index is 0. The molecule has 0 aliphatic carbocycles. The van der Waals surface area contributed by atoms with Gasteiger partial charge < -0.3 is 31.9 Å². The van der Waals surface area contributed by atoms with Crippen molar-refractivity contribution < 1.29 is 42.1 Å². The van der Waals surface area contributed by atoms with Gasteiger partial charge in [-0.05, 0) is 72.8 Å². The number of phenols is 2. The molecular formula is C25H32N4O4Ti. The van der Waals surface area contributed by atoms with Crippen LogP contribution < -0.4 is 11.5 Å². The summed E-state index contributed by atoms with van der Waals surface area (Å²) in [6, 6.07) is 23.7. The van der Waals surface area contributed by atoms with Crippen LogP contribution in [0.5, 0.6) is 11.5 Å². The minimum Gasteiger partial charge on any atom is -0.508 e. The van der Waals surface area contributed by atoms with Gasteiger partial charge in [-0.25, -0.2) is 0 Å². The number of nitrogen functional groups attached to an aromatic ring is 2. The van der Waals surface area contributed by atoms with Crippen molar-refractivity contribution >= 4 is 11.4 Å². The van der Waals surface area contributed by atoms with Gasteiger partial charge in [-0.2, -0.15) is 0 Å². The fourth-order valence-electron chi connectivity index (χ4n) is 1.93. The number of aromatic nitrogens is 2. The molecule has 0 unspecified atom stereocenters. The molecule has 0 saturated heterocycles. The number of aliphatic hydroxyl groups is 2. The van der Waals surface area contributed by atoms with Crippen molar-refractivity contribution in [2.75, 3.05) is 11.5 Å². The summed E-state index contributed by atoms with van der Waals surface area (Å²) >= 11 is 0. The van der Waals surface area contributed by atoms with Crippen LogP contribution in [0.15, 0.2) is 97.3 Å². The maximum absolute atomic E-state index is 8.70. The van der Waals surface area contributed by atoms with Crippen molar-refractivity contribution in [1.82, 2.24) is 9.97 Å². The third kappa shape index (κ3) is 16.2. The summed E-state index contributed by atoms with van der Waals surface area (Å²) in [4.78, 5) is 7.69. The Labute approximate surface area is 215 Å². The molecule has 4 rings (SSSR count). The van der Waals surface area contributed by atoms with Gasteiger partial charge >= 0.3 is 0 Å². The monoisotopic (exact) mass is 500 g/mol. The van der Waals surface area contributed by atoms with E-state index in [2.05, 4.69) is 9.97 Å². The van der Waals surface area contributed by atoms with Gasteiger partial charge in [0, 0.05) is 45.5 Å². The van der Waals surface area contributed by atoms with E-state index in [1.54, 1.807) is 73.1 Å². The van der Waals surface area contributed by atoms with Crippen molar-refractivity contribution in [3.63, 3.8) is 0 Å². The predicted molar refractivity (Wildman–Crippen MR) is 132 cm³/mol. The van der Waals surface area contributed by atoms with Crippen LogP contribution in [0.4, 0.5) is 11.4 Å². The van der Waals surface area contributed by atoms with Crippen molar-refractivity contribution in [3.05, 3.63) is 109 Å². The zero-order chi connectivity index (χ0) is 23.6. The molecule has 4 aromatic rings. The third-order valence-corrected chi connectivity index (χ3v) is 3.56. The van der Waals surface area contributed by atoms with Gasteiger partial charge in [0.2, 0.25) is 0 Å². The molecule has 180 valence electrons. The second kappa shape index (κ2) is 20.2. The molecule has 0 atom stereocenters. The van der Waals surface area contributed by atoms with Crippen molar-refractivity contribution in [2.45, 2.75) is 20.6 Å². The zero-order valence-electron chi connectivity index (χ0n) is 18.0. The van der Waals surface area contributed by atoms with Gasteiger partial charge in [0.1, 0.15) is 11.5 Å². The van der Waals surface area contributed by atoms with Crippen LogP contribution >= 0.6 is 0 Å². The summed E-state index contributed by atoms with van der Waals surface area (Å²) < 4.78 is 0. The average molecular weight is 500 g/mol. The van der Waals surface area contributed by atoms with E-state index in [9.17, 15) is 0 Å². The van der Waals surface area contributed by atoms with E-state index in [0.29, 0.717) is 22.8 Å². The van der Waals surface area contributed by atoms with Crippen LogP contribution in [0.1, 0.15) is 18.8 Å². The Morgan fingerprint density at radius 2 is 0.882 bits per heavy atom. The summed E-state index contributed by atoms with van der Waals surface area (Å²) in [5.74, 6) is 0.499. The first-order valence-corrected chi connectivity index (χ1v) is 9.55. The Balaban J connectivity index is 0. The van der Waals surface area contributed by atoms with Gasteiger partial charge in [0.15, 0.2) is 0 Å². The number of pyridine rings is 2. The Kier molecular flexibility index (Phi) is 19.5. The fourth-order valence-corrected chi connectivity index (χ4v) is 1.93. The Hall–Kier alpha value is -3.43. The molecule has 34 heavy (non-hydrogen) atoms. The number of aliphatic hydroxyl groups excluding tert-OH is 2. The van der Waals surface area contributed by atoms with E-state index in [4.69, 9.17) is 31.9 Å². The Morgan fingerprint density at radius 3 is 1.06 bits per heavy atom. The molecule has 0 saturated carbocycles. The summed E-state index contributed by atoms with van der Waals surface area (Å²) in [5.41, 5.74) is 13.4. The van der Waals surface area contributed by atoms with E-state index in [0.717, 1.165) is 0 Å². The van der Waals surface area contributed by atoms with Crippen LogP contribution in [0.3, 0.4) is 0 Å². The molecule has 2 aromatic heterocycles. The van der Waals surface area contributed by atoms with E-state index in [1.165, 1.54) is 0 Å². The van der Waals surface area contributed by atoms with Crippen LogP contribution in [-0.4, -0.2) is 30.4 Å². The number of nitrogens with zero attached hydrogens (tertiary/aromatic N) is 2. The number of phenolic OH excluding ortho intramolecular Hbond substituents is 2. The smallest absolute Gasteiger partial charge is 0.115 e. The van der Waals surface area contributed by atoms with Crippen LogP contribution in [0.2, 0.25) is 0 Å². The standard InChI is InChI=1S/4C6H7NO.CH4.Ti/c2*7-5-1-3-6(8)4-2-5;2*8-5-6-3-1-2-4-7-6;;/h2*1-4,8H,7H2;2*1-4,8H,5H2;1H4;. The second-order valence-electron chi connectivity index (χ2n) is 6.14. The number of hydrogen-bond donors (Lipinski definition) is 6. The molecule has 8 N–H and O–H groups in total. The molecule has 0 spiro atoms. The average Bonchev–Trinajstić information content (AvgIpc) is 2.85. The molecule has 0 bridgehead atoms. The Bertz CT molecular complexity index is 850. The molecule has 2 heterocycles. The predicted octanol–water partition coefficient (Wildman–Crippen LogP) is 3.73. The molecule has 2 aromatic carbocycles.